The predicted octanol–water partition coefficient (Wildman–Crippen LogP) is 3.18. The first-order valence-electron chi connectivity index (χ1n) is 10.3. The van der Waals surface area contributed by atoms with Crippen molar-refractivity contribution in [1.29, 1.82) is 0 Å². The molecular formula is C21H26N6O3. The van der Waals surface area contributed by atoms with E-state index in [4.69, 9.17) is 9.26 Å². The summed E-state index contributed by atoms with van der Waals surface area (Å²) in [7, 11) is 0. The van der Waals surface area contributed by atoms with Gasteiger partial charge in [-0.05, 0) is 51.3 Å². The molecule has 0 radical (unpaired) electrons. The molecule has 30 heavy (non-hydrogen) atoms. The van der Waals surface area contributed by atoms with Gasteiger partial charge in [0, 0.05) is 30.7 Å². The first-order valence-corrected chi connectivity index (χ1v) is 10.3. The molecule has 0 aromatic carbocycles. The van der Waals surface area contributed by atoms with Crippen LogP contribution in [-0.2, 0) is 4.74 Å². The van der Waals surface area contributed by atoms with Crippen LogP contribution in [0.3, 0.4) is 0 Å². The number of amides is 1. The van der Waals surface area contributed by atoms with Crippen LogP contribution >= 0.6 is 0 Å². The molecule has 1 unspecified atom stereocenters. The van der Waals surface area contributed by atoms with E-state index in [0.717, 1.165) is 29.8 Å². The second kappa shape index (κ2) is 8.74. The molecule has 3 aromatic rings. The molecule has 0 saturated carbocycles. The fourth-order valence-corrected chi connectivity index (χ4v) is 3.64. The Morgan fingerprint density at radius 3 is 2.80 bits per heavy atom. The van der Waals surface area contributed by atoms with E-state index in [1.54, 1.807) is 6.20 Å². The number of nitrogens with one attached hydrogen (secondary N) is 1. The number of rotatable bonds is 6. The van der Waals surface area contributed by atoms with E-state index >= 15 is 0 Å². The number of hydrogen-bond donors (Lipinski definition) is 1. The smallest absolute Gasteiger partial charge is 0.270 e. The molecule has 158 valence electrons. The number of hydrogen-bond acceptors (Lipinski definition) is 7. The molecule has 1 N–H and O–H groups in total. The van der Waals surface area contributed by atoms with Crippen molar-refractivity contribution in [2.24, 2.45) is 0 Å². The first kappa shape index (κ1) is 20.2. The fourth-order valence-electron chi connectivity index (χ4n) is 3.64. The Morgan fingerprint density at radius 1 is 1.27 bits per heavy atom. The van der Waals surface area contributed by atoms with Crippen molar-refractivity contribution in [1.82, 2.24) is 30.2 Å². The zero-order chi connectivity index (χ0) is 21.1. The molecule has 0 bridgehead atoms. The minimum atomic E-state index is -0.389. The zero-order valence-corrected chi connectivity index (χ0v) is 17.5. The summed E-state index contributed by atoms with van der Waals surface area (Å²) in [6.07, 6.45) is 4.01. The van der Waals surface area contributed by atoms with Gasteiger partial charge in [-0.15, -0.1) is 0 Å². The van der Waals surface area contributed by atoms with Crippen LogP contribution in [0.5, 0.6) is 0 Å². The largest absolute Gasteiger partial charge is 0.381 e. The van der Waals surface area contributed by atoms with Gasteiger partial charge in [0.05, 0.1) is 11.7 Å². The lowest BCUT2D eigenvalue weighted by atomic mass is 10.1. The standard InChI is InChI=1S/C21H26N6O3/c1-4-17(21-24-19(26-30-21)15-5-8-22-13(2)11-15)23-20(28)18-12-14(3)25-27(18)16-6-9-29-10-7-16/h5,8,11-12,16-17H,4,6-7,9-10H2,1-3H3,(H,23,28). The highest BCUT2D eigenvalue weighted by atomic mass is 16.5. The van der Waals surface area contributed by atoms with Crippen molar-refractivity contribution in [3.63, 3.8) is 0 Å². The number of ether oxygens (including phenoxy) is 1. The van der Waals surface area contributed by atoms with Crippen LogP contribution in [0.2, 0.25) is 0 Å². The van der Waals surface area contributed by atoms with E-state index in [2.05, 4.69) is 25.5 Å². The van der Waals surface area contributed by atoms with Gasteiger partial charge in [0.25, 0.3) is 5.91 Å². The fraction of sp³-hybridized carbons (Fsp3) is 0.476. The number of carbonyl (C=O) groups excluding carboxylic acids is 1. The van der Waals surface area contributed by atoms with Crippen LogP contribution in [0.1, 0.15) is 66.0 Å². The molecule has 3 aromatic heterocycles. The van der Waals surface area contributed by atoms with E-state index in [1.807, 2.05) is 43.7 Å². The van der Waals surface area contributed by atoms with Gasteiger partial charge in [0.2, 0.25) is 11.7 Å². The normalized spacial score (nSPS) is 15.8. The molecular weight excluding hydrogens is 384 g/mol. The second-order valence-corrected chi connectivity index (χ2v) is 7.54. The highest BCUT2D eigenvalue weighted by Gasteiger charge is 2.26. The lowest BCUT2D eigenvalue weighted by Crippen LogP contribution is -2.32. The van der Waals surface area contributed by atoms with Crippen molar-refractivity contribution in [2.75, 3.05) is 13.2 Å². The van der Waals surface area contributed by atoms with Crippen molar-refractivity contribution < 1.29 is 14.1 Å². The van der Waals surface area contributed by atoms with Crippen LogP contribution < -0.4 is 5.32 Å². The minimum absolute atomic E-state index is 0.165. The predicted molar refractivity (Wildman–Crippen MR) is 109 cm³/mol. The van der Waals surface area contributed by atoms with Gasteiger partial charge < -0.3 is 14.6 Å². The molecule has 1 atom stereocenters. The third-order valence-corrected chi connectivity index (χ3v) is 5.24. The van der Waals surface area contributed by atoms with E-state index in [1.165, 1.54) is 0 Å². The maximum absolute atomic E-state index is 13.1. The number of pyridine rings is 1. The maximum Gasteiger partial charge on any atom is 0.270 e. The Bertz CT molecular complexity index is 1020. The molecule has 1 saturated heterocycles. The number of aromatic nitrogens is 5. The van der Waals surface area contributed by atoms with Crippen molar-refractivity contribution in [2.45, 2.75) is 52.1 Å². The molecule has 1 fully saturated rings. The molecule has 9 heteroatoms. The van der Waals surface area contributed by atoms with E-state index in [-0.39, 0.29) is 18.0 Å². The average Bonchev–Trinajstić information content (AvgIpc) is 3.40. The van der Waals surface area contributed by atoms with Gasteiger partial charge in [0.15, 0.2) is 0 Å². The summed E-state index contributed by atoms with van der Waals surface area (Å²) < 4.78 is 12.7. The SMILES string of the molecule is CCC(NC(=O)c1cc(C)nn1C1CCOCC1)c1nc(-c2ccnc(C)c2)no1. The number of carbonyl (C=O) groups is 1. The Hall–Kier alpha value is -3.07. The van der Waals surface area contributed by atoms with Gasteiger partial charge >= 0.3 is 0 Å². The molecule has 1 aliphatic rings. The summed E-state index contributed by atoms with van der Waals surface area (Å²) in [5.41, 5.74) is 3.05. The van der Waals surface area contributed by atoms with Gasteiger partial charge in [-0.3, -0.25) is 14.5 Å². The van der Waals surface area contributed by atoms with Crippen LogP contribution in [0.4, 0.5) is 0 Å². The third kappa shape index (κ3) is 4.25. The lowest BCUT2D eigenvalue weighted by Gasteiger charge is -2.24. The summed E-state index contributed by atoms with van der Waals surface area (Å²) in [4.78, 5) is 21.8. The topological polar surface area (TPSA) is 108 Å². The summed E-state index contributed by atoms with van der Waals surface area (Å²) in [6, 6.07) is 5.31. The molecule has 9 nitrogen and oxygen atoms in total. The average molecular weight is 410 g/mol. The first-order chi connectivity index (χ1) is 14.5. The Balaban J connectivity index is 1.53. The lowest BCUT2D eigenvalue weighted by molar-refractivity contribution is 0.0639. The van der Waals surface area contributed by atoms with Gasteiger partial charge in [0.1, 0.15) is 11.7 Å². The maximum atomic E-state index is 13.1. The van der Waals surface area contributed by atoms with Crippen LogP contribution in [-0.4, -0.2) is 44.0 Å². The highest BCUT2D eigenvalue weighted by Crippen LogP contribution is 2.24. The molecule has 1 aliphatic heterocycles. The van der Waals surface area contributed by atoms with Crippen LogP contribution in [0, 0.1) is 13.8 Å². The minimum Gasteiger partial charge on any atom is -0.381 e. The molecule has 4 heterocycles. The highest BCUT2D eigenvalue weighted by molar-refractivity contribution is 5.93. The van der Waals surface area contributed by atoms with Gasteiger partial charge in [-0.1, -0.05) is 12.1 Å². The summed E-state index contributed by atoms with van der Waals surface area (Å²) in [5, 5.41) is 11.7. The molecule has 0 spiro atoms. The van der Waals surface area contributed by atoms with Crippen LogP contribution in [0.15, 0.2) is 28.9 Å². The summed E-state index contributed by atoms with van der Waals surface area (Å²) in [6.45, 7) is 7.13. The second-order valence-electron chi connectivity index (χ2n) is 7.54. The zero-order valence-electron chi connectivity index (χ0n) is 17.5. The third-order valence-electron chi connectivity index (χ3n) is 5.24. The Morgan fingerprint density at radius 2 is 2.07 bits per heavy atom. The monoisotopic (exact) mass is 410 g/mol. The summed E-state index contributed by atoms with van der Waals surface area (Å²) >= 11 is 0. The number of nitrogens with zero attached hydrogens (tertiary/aromatic N) is 5. The van der Waals surface area contributed by atoms with Crippen molar-refractivity contribution in [3.8, 4) is 11.4 Å². The van der Waals surface area contributed by atoms with Crippen LogP contribution in [0.25, 0.3) is 11.4 Å². The van der Waals surface area contributed by atoms with E-state index < -0.39 is 0 Å². The van der Waals surface area contributed by atoms with Gasteiger partial charge in [-0.2, -0.15) is 10.1 Å². The molecule has 4 rings (SSSR count). The number of aryl methyl sites for hydroxylation is 2. The molecule has 1 amide bonds. The Labute approximate surface area is 174 Å². The van der Waals surface area contributed by atoms with E-state index in [0.29, 0.717) is 37.0 Å². The van der Waals surface area contributed by atoms with Gasteiger partial charge in [-0.25, -0.2) is 0 Å². The van der Waals surface area contributed by atoms with Crippen molar-refractivity contribution >= 4 is 5.91 Å². The Kier molecular flexibility index (Phi) is 5.89. The quantitative estimate of drug-likeness (QED) is 0.665. The van der Waals surface area contributed by atoms with E-state index in [9.17, 15) is 4.79 Å². The summed E-state index contributed by atoms with van der Waals surface area (Å²) in [5.74, 6) is 0.656. The van der Waals surface area contributed by atoms with Crippen molar-refractivity contribution in [3.05, 3.63) is 47.4 Å². The molecule has 0 aliphatic carbocycles.